The maximum absolute atomic E-state index is 11.9. The second-order valence-corrected chi connectivity index (χ2v) is 4.95. The molecule has 0 aliphatic carbocycles. The third-order valence-electron chi connectivity index (χ3n) is 3.00. The van der Waals surface area contributed by atoms with Crippen LogP contribution in [0.2, 0.25) is 5.15 Å². The number of hydrogen-bond donors (Lipinski definition) is 2. The predicted molar refractivity (Wildman–Crippen MR) is 83.0 cm³/mol. The number of aromatic nitrogens is 2. The molecule has 0 radical (unpaired) electrons. The van der Waals surface area contributed by atoms with E-state index in [9.17, 15) is 4.79 Å². The van der Waals surface area contributed by atoms with Gasteiger partial charge < -0.3 is 10.4 Å². The molecule has 21 heavy (non-hydrogen) atoms. The van der Waals surface area contributed by atoms with Crippen LogP contribution < -0.4 is 5.32 Å². The number of benzene rings is 1. The summed E-state index contributed by atoms with van der Waals surface area (Å²) in [6.45, 7) is 1.81. The predicted octanol–water partition coefficient (Wildman–Crippen LogP) is 2.53. The monoisotopic (exact) mass is 305 g/mol. The topological polar surface area (TPSA) is 67.2 Å². The third kappa shape index (κ3) is 3.71. The van der Waals surface area contributed by atoms with E-state index in [0.717, 1.165) is 16.8 Å². The van der Waals surface area contributed by atoms with Crippen molar-refractivity contribution in [2.24, 2.45) is 7.05 Å². The fourth-order valence-corrected chi connectivity index (χ4v) is 2.11. The molecule has 1 aromatic heterocycles. The molecule has 0 aliphatic heterocycles. The minimum Gasteiger partial charge on any atom is -0.392 e. The maximum Gasteiger partial charge on any atom is 0.248 e. The fourth-order valence-electron chi connectivity index (χ4n) is 1.87. The van der Waals surface area contributed by atoms with Crippen molar-refractivity contribution in [3.8, 4) is 0 Å². The van der Waals surface area contributed by atoms with Crippen molar-refractivity contribution < 1.29 is 9.90 Å². The molecule has 0 aliphatic rings. The first kappa shape index (κ1) is 15.3. The van der Waals surface area contributed by atoms with Gasteiger partial charge in [-0.3, -0.25) is 9.48 Å². The van der Waals surface area contributed by atoms with Crippen LogP contribution in [0.15, 0.2) is 30.3 Å². The van der Waals surface area contributed by atoms with Gasteiger partial charge in [-0.2, -0.15) is 5.10 Å². The Morgan fingerprint density at radius 3 is 2.62 bits per heavy atom. The van der Waals surface area contributed by atoms with Gasteiger partial charge in [-0.05, 0) is 30.7 Å². The van der Waals surface area contributed by atoms with Crippen LogP contribution in [0.1, 0.15) is 16.8 Å². The fraction of sp³-hybridized carbons (Fsp3) is 0.200. The number of halogens is 1. The van der Waals surface area contributed by atoms with E-state index in [4.69, 9.17) is 16.7 Å². The third-order valence-corrected chi connectivity index (χ3v) is 3.45. The van der Waals surface area contributed by atoms with E-state index in [-0.39, 0.29) is 12.5 Å². The van der Waals surface area contributed by atoms with Gasteiger partial charge >= 0.3 is 0 Å². The molecule has 5 nitrogen and oxygen atoms in total. The minimum atomic E-state index is -0.258. The summed E-state index contributed by atoms with van der Waals surface area (Å²) in [6.07, 6.45) is 3.05. The number of aliphatic hydroxyl groups excluding tert-OH is 1. The Kier molecular flexibility index (Phi) is 4.77. The van der Waals surface area contributed by atoms with Gasteiger partial charge in [0.05, 0.1) is 12.3 Å². The van der Waals surface area contributed by atoms with E-state index in [0.29, 0.717) is 10.8 Å². The first-order valence-electron chi connectivity index (χ1n) is 6.39. The van der Waals surface area contributed by atoms with Gasteiger partial charge in [-0.25, -0.2) is 0 Å². The molecule has 0 unspecified atom stereocenters. The zero-order chi connectivity index (χ0) is 15.4. The van der Waals surface area contributed by atoms with Gasteiger partial charge in [0.25, 0.3) is 0 Å². The molecule has 1 amide bonds. The molecule has 2 aromatic rings. The molecule has 0 fully saturated rings. The number of amides is 1. The highest BCUT2D eigenvalue weighted by Gasteiger charge is 2.08. The number of aliphatic hydroxyl groups is 1. The van der Waals surface area contributed by atoms with Gasteiger partial charge in [-0.1, -0.05) is 23.7 Å². The molecule has 6 heteroatoms. The highest BCUT2D eigenvalue weighted by molar-refractivity contribution is 6.31. The Morgan fingerprint density at radius 1 is 1.43 bits per heavy atom. The summed E-state index contributed by atoms with van der Waals surface area (Å²) in [7, 11) is 1.75. The number of nitrogens with one attached hydrogen (secondary N) is 1. The van der Waals surface area contributed by atoms with Crippen LogP contribution >= 0.6 is 11.6 Å². The van der Waals surface area contributed by atoms with Crippen LogP contribution in [0.5, 0.6) is 0 Å². The quantitative estimate of drug-likeness (QED) is 0.853. The Labute approximate surface area is 127 Å². The number of hydrogen-bond acceptors (Lipinski definition) is 3. The van der Waals surface area contributed by atoms with Crippen molar-refractivity contribution in [3.05, 3.63) is 52.3 Å². The summed E-state index contributed by atoms with van der Waals surface area (Å²) in [5, 5.41) is 16.3. The second-order valence-electron chi connectivity index (χ2n) is 4.59. The summed E-state index contributed by atoms with van der Waals surface area (Å²) < 4.78 is 1.56. The summed E-state index contributed by atoms with van der Waals surface area (Å²) in [5.41, 5.74) is 2.95. The Hall–Kier alpha value is -2.11. The van der Waals surface area contributed by atoms with Gasteiger partial charge in [-0.15, -0.1) is 0 Å². The van der Waals surface area contributed by atoms with E-state index in [2.05, 4.69) is 10.4 Å². The van der Waals surface area contributed by atoms with Crippen molar-refractivity contribution in [3.63, 3.8) is 0 Å². The Balaban J connectivity index is 2.05. The van der Waals surface area contributed by atoms with E-state index in [1.165, 1.54) is 6.08 Å². The molecule has 1 aromatic carbocycles. The lowest BCUT2D eigenvalue weighted by Crippen LogP contribution is -2.07. The van der Waals surface area contributed by atoms with E-state index >= 15 is 0 Å². The number of carbonyl (C=O) groups excluding carboxylic acids is 1. The SMILES string of the molecule is Cc1nn(C)c(Cl)c1C=CC(=O)Nc1ccc(CO)cc1. The van der Waals surface area contributed by atoms with Gasteiger partial charge in [0, 0.05) is 24.4 Å². The Morgan fingerprint density at radius 2 is 2.10 bits per heavy atom. The Bertz CT molecular complexity index is 675. The molecular weight excluding hydrogens is 290 g/mol. The van der Waals surface area contributed by atoms with Crippen LogP contribution in [0.4, 0.5) is 5.69 Å². The van der Waals surface area contributed by atoms with Crippen LogP contribution in [0.3, 0.4) is 0 Å². The smallest absolute Gasteiger partial charge is 0.248 e. The van der Waals surface area contributed by atoms with Crippen LogP contribution in [-0.2, 0) is 18.4 Å². The average molecular weight is 306 g/mol. The molecule has 1 heterocycles. The molecule has 110 valence electrons. The molecular formula is C15H16ClN3O2. The molecule has 0 bridgehead atoms. The van der Waals surface area contributed by atoms with Gasteiger partial charge in [0.15, 0.2) is 0 Å². The lowest BCUT2D eigenvalue weighted by atomic mass is 10.2. The summed E-state index contributed by atoms with van der Waals surface area (Å²) in [4.78, 5) is 11.9. The zero-order valence-corrected chi connectivity index (χ0v) is 12.6. The van der Waals surface area contributed by atoms with Crippen LogP contribution in [0, 0.1) is 6.92 Å². The van der Waals surface area contributed by atoms with Crippen LogP contribution in [-0.4, -0.2) is 20.8 Å². The molecule has 0 saturated heterocycles. The van der Waals surface area contributed by atoms with E-state index in [1.807, 2.05) is 6.92 Å². The average Bonchev–Trinajstić information content (AvgIpc) is 2.71. The van der Waals surface area contributed by atoms with Crippen molar-refractivity contribution >= 4 is 29.3 Å². The standard InChI is InChI=1S/C15H16ClN3O2/c1-10-13(15(16)19(2)18-10)7-8-14(21)17-12-5-3-11(9-20)4-6-12/h3-8,20H,9H2,1-2H3,(H,17,21). The normalized spacial score (nSPS) is 11.0. The van der Waals surface area contributed by atoms with E-state index < -0.39 is 0 Å². The number of carbonyl (C=O) groups is 1. The number of aryl methyl sites for hydroxylation is 2. The highest BCUT2D eigenvalue weighted by atomic mass is 35.5. The van der Waals surface area contributed by atoms with Gasteiger partial charge in [0.2, 0.25) is 5.91 Å². The molecule has 0 saturated carbocycles. The summed E-state index contributed by atoms with van der Waals surface area (Å²) >= 11 is 6.08. The summed E-state index contributed by atoms with van der Waals surface area (Å²) in [6, 6.07) is 6.97. The number of nitrogens with zero attached hydrogens (tertiary/aromatic N) is 2. The molecule has 0 atom stereocenters. The number of rotatable bonds is 4. The number of anilines is 1. The lowest BCUT2D eigenvalue weighted by Gasteiger charge is -2.03. The first-order chi connectivity index (χ1) is 10.0. The molecule has 2 N–H and O–H groups in total. The van der Waals surface area contributed by atoms with Gasteiger partial charge in [0.1, 0.15) is 5.15 Å². The van der Waals surface area contributed by atoms with E-state index in [1.54, 1.807) is 42.1 Å². The second kappa shape index (κ2) is 6.56. The first-order valence-corrected chi connectivity index (χ1v) is 6.77. The van der Waals surface area contributed by atoms with Crippen molar-refractivity contribution in [1.82, 2.24) is 9.78 Å². The molecule has 0 spiro atoms. The minimum absolute atomic E-state index is 0.0209. The summed E-state index contributed by atoms with van der Waals surface area (Å²) in [5.74, 6) is -0.258. The van der Waals surface area contributed by atoms with Crippen LogP contribution in [0.25, 0.3) is 6.08 Å². The zero-order valence-electron chi connectivity index (χ0n) is 11.8. The highest BCUT2D eigenvalue weighted by Crippen LogP contribution is 2.20. The van der Waals surface area contributed by atoms with Crippen molar-refractivity contribution in [2.45, 2.75) is 13.5 Å². The maximum atomic E-state index is 11.9. The lowest BCUT2D eigenvalue weighted by molar-refractivity contribution is -0.111. The largest absolute Gasteiger partial charge is 0.392 e. The van der Waals surface area contributed by atoms with Crippen molar-refractivity contribution in [2.75, 3.05) is 5.32 Å². The molecule has 2 rings (SSSR count). The van der Waals surface area contributed by atoms with Crippen molar-refractivity contribution in [1.29, 1.82) is 0 Å².